The standard InChI is InChI=1S/C45H54N7O26P3S2/c46-30-15-13-27-37(28-14-16-31(47)41(83(71,72)73)39(28)76-38(27)40(30)82(68,69)70)26-12-11-24(20-29(26)44(58)59)42(56)50-18-6-2-4-9-34(54)48-17-5-1-3-10-35(55)49-19-7-8-25-22-52(45(60)51-43(25)57)36-21-32(53)33(75-36)23-74-80(64,65)78-81(66,67)77-79(61,62)63/h7-8,11-16,20,22,32-33,36,46,53H,1-6,9-10,17-19,21,23,47H2,(H,48,54)(H,49,55)(H,50,56)(H,58,59)(H,64,65)(H,66,67)(H,51,57,60)(H2,61,62,63)(H,68,69,70)(H,71,72,73)/b8-7+,46-30?/t32-,33+,36+/m0/s1. The lowest BCUT2D eigenvalue weighted by atomic mass is 9.89. The van der Waals surface area contributed by atoms with Crippen LogP contribution in [0.1, 0.15) is 90.3 Å². The number of ether oxygens (including phenoxy) is 1. The molecule has 6 rings (SSSR count). The Morgan fingerprint density at radius 3 is 2.12 bits per heavy atom. The minimum atomic E-state index is -5.81. The summed E-state index contributed by atoms with van der Waals surface area (Å²) >= 11 is 0. The van der Waals surface area contributed by atoms with Gasteiger partial charge in [0.25, 0.3) is 11.5 Å². The number of aromatic nitrogens is 2. The van der Waals surface area contributed by atoms with Crippen LogP contribution in [-0.2, 0) is 61.4 Å². The highest BCUT2D eigenvalue weighted by Crippen LogP contribution is 2.66. The highest BCUT2D eigenvalue weighted by molar-refractivity contribution is 7.86. The van der Waals surface area contributed by atoms with Crippen molar-refractivity contribution >= 4 is 90.1 Å². The van der Waals surface area contributed by atoms with Crippen LogP contribution in [0.25, 0.3) is 39.5 Å². The number of aliphatic hydroxyl groups is 1. The van der Waals surface area contributed by atoms with Crippen LogP contribution in [0, 0.1) is 0 Å². The molecule has 38 heteroatoms. The van der Waals surface area contributed by atoms with Crippen LogP contribution in [-0.4, -0.2) is 127 Å². The van der Waals surface area contributed by atoms with Gasteiger partial charge < -0.3 is 65.2 Å². The molecule has 2 aliphatic heterocycles. The lowest BCUT2D eigenvalue weighted by Gasteiger charge is -2.21. The number of phosphoric acid groups is 3. The molecular weight excluding hydrogens is 1210 g/mol. The number of amides is 3. The molecule has 0 spiro atoms. The smallest absolute Gasteiger partial charge is 0.490 e. The van der Waals surface area contributed by atoms with E-state index in [1.165, 1.54) is 36.4 Å². The number of nitrogen functional groups attached to an aromatic ring is 1. The molecule has 15 N–H and O–H groups in total. The molecule has 1 saturated heterocycles. The molecule has 3 heterocycles. The molecular formula is C45H54N7O26P3S2. The topological polar surface area (TPSA) is 545 Å². The van der Waals surface area contributed by atoms with E-state index in [0.717, 1.165) is 29.0 Å². The molecule has 83 heavy (non-hydrogen) atoms. The summed E-state index contributed by atoms with van der Waals surface area (Å²) in [6.45, 7) is -0.556. The number of carboxylic acids is 1. The number of carbonyl (C=O) groups excluding carboxylic acids is 3. The summed E-state index contributed by atoms with van der Waals surface area (Å²) in [5.74, 6) is -3.53. The van der Waals surface area contributed by atoms with E-state index >= 15 is 0 Å². The number of aromatic amines is 1. The molecule has 2 unspecified atom stereocenters. The van der Waals surface area contributed by atoms with Gasteiger partial charge in [0.05, 0.1) is 29.5 Å². The Kier molecular flexibility index (Phi) is 21.3. The molecule has 2 aromatic carbocycles. The normalized spacial score (nSPS) is 17.3. The Morgan fingerprint density at radius 2 is 1.49 bits per heavy atom. The number of benzene rings is 3. The summed E-state index contributed by atoms with van der Waals surface area (Å²) in [4.78, 5) is 112. The van der Waals surface area contributed by atoms with Crippen molar-refractivity contribution in [3.63, 3.8) is 0 Å². The Bertz CT molecular complexity index is 3900. The number of H-pyrrole nitrogens is 1. The van der Waals surface area contributed by atoms with E-state index in [1.807, 2.05) is 0 Å². The van der Waals surface area contributed by atoms with Gasteiger partial charge in [0, 0.05) is 73.2 Å². The number of aromatic carboxylic acids is 1. The Morgan fingerprint density at radius 1 is 0.855 bits per heavy atom. The van der Waals surface area contributed by atoms with Crippen molar-refractivity contribution in [3.05, 3.63) is 97.6 Å². The van der Waals surface area contributed by atoms with Crippen LogP contribution in [0.5, 0.6) is 0 Å². The minimum Gasteiger partial charge on any atom is -0.744 e. The van der Waals surface area contributed by atoms with Crippen molar-refractivity contribution in [2.24, 2.45) is 0 Å². The van der Waals surface area contributed by atoms with E-state index in [2.05, 4.69) is 34.1 Å². The molecule has 3 amide bonds. The number of rotatable bonds is 28. The minimum absolute atomic E-state index is 0.0278. The molecule has 1 fully saturated rings. The predicted molar refractivity (Wildman–Crippen MR) is 282 cm³/mol. The number of phosphoric ester groups is 1. The van der Waals surface area contributed by atoms with Crippen LogP contribution >= 0.6 is 23.5 Å². The van der Waals surface area contributed by atoms with Gasteiger partial charge in [-0.05, 0) is 61.6 Å². The number of hydrogen-bond acceptors (Lipinski definition) is 21. The third-order valence-electron chi connectivity index (χ3n) is 12.1. The molecule has 3 aliphatic rings. The lowest BCUT2D eigenvalue weighted by Crippen LogP contribution is -2.47. The fourth-order valence-corrected chi connectivity index (χ4v) is 13.0. The van der Waals surface area contributed by atoms with Gasteiger partial charge in [-0.15, -0.1) is 0 Å². The quantitative estimate of drug-likeness (QED) is 0.0102. The van der Waals surface area contributed by atoms with E-state index in [0.29, 0.717) is 45.1 Å². The second-order valence-electron chi connectivity index (χ2n) is 18.2. The van der Waals surface area contributed by atoms with Crippen LogP contribution in [0.3, 0.4) is 0 Å². The summed E-state index contributed by atoms with van der Waals surface area (Å²) in [5.41, 5.74) is 1.44. The summed E-state index contributed by atoms with van der Waals surface area (Å²) in [6.07, 6.45) is 2.58. The SMILES string of the molecule is Nc1ccc2c(-c3ccc(C(=O)NCCCCCC(=O)NCCCCCC(=O)NC/C=C/c4cn([C@H]5C[C@H](O)[C@@H](COP(=O)(O)OP(=O)(O)OP(=O)(O)O)O5)c(=O)[nH]c4=O)cc3C(=O)O)c3ccc(=[NH2+])c(S(=O)(=O)O)c-3oc2c1S(=O)(=O)[O-]. The van der Waals surface area contributed by atoms with E-state index in [4.69, 9.17) is 30.1 Å². The Balaban J connectivity index is 0.898. The molecule has 0 bridgehead atoms. The van der Waals surface area contributed by atoms with Crippen molar-refractivity contribution in [3.8, 4) is 22.5 Å². The van der Waals surface area contributed by atoms with Crippen molar-refractivity contribution in [1.29, 1.82) is 0 Å². The highest BCUT2D eigenvalue weighted by Gasteiger charge is 2.43. The first-order chi connectivity index (χ1) is 38.7. The van der Waals surface area contributed by atoms with Gasteiger partial charge in [-0.1, -0.05) is 31.1 Å². The van der Waals surface area contributed by atoms with Gasteiger partial charge in [0.15, 0.2) is 11.3 Å². The number of carbonyl (C=O) groups is 4. The van der Waals surface area contributed by atoms with Crippen LogP contribution in [0.4, 0.5) is 5.69 Å². The van der Waals surface area contributed by atoms with Gasteiger partial charge in [-0.3, -0.25) is 43.2 Å². The monoisotopic (exact) mass is 1270 g/mol. The van der Waals surface area contributed by atoms with Gasteiger partial charge in [0.2, 0.25) is 22.1 Å². The number of nitrogens with two attached hydrogens (primary N) is 2. The van der Waals surface area contributed by atoms with Crippen molar-refractivity contribution in [2.75, 3.05) is 32.0 Å². The fourth-order valence-electron chi connectivity index (χ4n) is 8.48. The molecule has 0 saturated carbocycles. The predicted octanol–water partition coefficient (Wildman–Crippen LogP) is -0.0663. The lowest BCUT2D eigenvalue weighted by molar-refractivity contribution is -0.176. The van der Waals surface area contributed by atoms with E-state index in [1.54, 1.807) is 0 Å². The first-order valence-corrected chi connectivity index (χ1v) is 31.7. The van der Waals surface area contributed by atoms with E-state index in [9.17, 15) is 88.4 Å². The maximum atomic E-state index is 13.2. The number of nitrogens with one attached hydrogen (secondary N) is 4. The van der Waals surface area contributed by atoms with Crippen LogP contribution in [0.2, 0.25) is 0 Å². The second kappa shape index (κ2) is 27.0. The molecule has 0 radical (unpaired) electrons. The number of carboxylic acid groups (broad SMARTS) is 1. The average molecular weight is 1270 g/mol. The average Bonchev–Trinajstić information content (AvgIpc) is 1.36. The maximum Gasteiger partial charge on any atom is 0.490 e. The van der Waals surface area contributed by atoms with Crippen LogP contribution in [0.15, 0.2) is 78.5 Å². The van der Waals surface area contributed by atoms with Crippen molar-refractivity contribution in [2.45, 2.75) is 86.0 Å². The molecule has 33 nitrogen and oxygen atoms in total. The number of anilines is 1. The maximum absolute atomic E-state index is 13.2. The molecule has 5 atom stereocenters. The number of hydrogen-bond donors (Lipinski definition) is 13. The summed E-state index contributed by atoms with van der Waals surface area (Å²) in [5, 5.41) is 34.0. The zero-order valence-corrected chi connectivity index (χ0v) is 47.2. The number of fused-ring (bicyclic) bond motifs is 2. The Hall–Kier alpha value is -6.62. The van der Waals surface area contributed by atoms with Crippen molar-refractivity contribution < 1.29 is 116 Å². The third kappa shape index (κ3) is 17.7. The molecule has 452 valence electrons. The first-order valence-electron chi connectivity index (χ1n) is 24.3. The number of nitrogens with zero attached hydrogens (tertiary/aromatic N) is 1. The van der Waals surface area contributed by atoms with Gasteiger partial charge in [-0.2, -0.15) is 17.0 Å². The number of unbranched alkanes of at least 4 members (excludes halogenated alkanes) is 4. The zero-order chi connectivity index (χ0) is 61.4. The summed E-state index contributed by atoms with van der Waals surface area (Å²) in [7, 11) is -27.6. The van der Waals surface area contributed by atoms with E-state index < -0.39 is 130 Å². The zero-order valence-electron chi connectivity index (χ0n) is 42.8. The van der Waals surface area contributed by atoms with Crippen LogP contribution < -0.4 is 43.7 Å². The van der Waals surface area contributed by atoms with E-state index in [-0.39, 0.29) is 77.4 Å². The highest BCUT2D eigenvalue weighted by atomic mass is 32.2. The largest absolute Gasteiger partial charge is 0.744 e. The van der Waals surface area contributed by atoms with Gasteiger partial charge >= 0.3 is 45.2 Å². The molecule has 1 aromatic heterocycles. The van der Waals surface area contributed by atoms with Gasteiger partial charge in [-0.25, -0.2) is 31.7 Å². The fraction of sp³-hybridized carbons (Fsp3) is 0.356. The van der Waals surface area contributed by atoms with Crippen molar-refractivity contribution in [1.82, 2.24) is 25.5 Å². The first kappa shape index (κ1) is 65.5. The third-order valence-corrected chi connectivity index (χ3v) is 17.8. The second-order valence-corrected chi connectivity index (χ2v) is 25.3. The summed E-state index contributed by atoms with van der Waals surface area (Å²) < 4.78 is 130. The number of aliphatic hydroxyl groups excluding tert-OH is 1. The summed E-state index contributed by atoms with van der Waals surface area (Å²) in [6, 6.07) is 8.03. The van der Waals surface area contributed by atoms with Gasteiger partial charge in [0.1, 0.15) is 27.3 Å². The Labute approximate surface area is 468 Å². The molecule has 3 aromatic rings. The molecule has 1 aliphatic carbocycles.